The second-order valence-electron chi connectivity index (χ2n) is 5.46. The summed E-state index contributed by atoms with van der Waals surface area (Å²) in [6.45, 7) is 2.49. The summed E-state index contributed by atoms with van der Waals surface area (Å²) >= 11 is 0. The highest BCUT2D eigenvalue weighted by Gasteiger charge is 2.41. The number of methoxy groups -OCH3 is 1. The fraction of sp³-hybridized carbons (Fsp3) is 0.467. The molecule has 0 saturated carbocycles. The molecule has 20 heavy (non-hydrogen) atoms. The van der Waals surface area contributed by atoms with Gasteiger partial charge in [0.15, 0.2) is 0 Å². The van der Waals surface area contributed by atoms with Crippen molar-refractivity contribution in [2.45, 2.75) is 19.8 Å². The number of hydrogen-bond acceptors (Lipinski definition) is 3. The van der Waals surface area contributed by atoms with Crippen molar-refractivity contribution >= 4 is 11.9 Å². The average Bonchev–Trinajstić information content (AvgIpc) is 2.84. The Morgan fingerprint density at radius 2 is 2.00 bits per heavy atom. The lowest BCUT2D eigenvalue weighted by molar-refractivity contribution is -0.147. The van der Waals surface area contributed by atoms with Crippen LogP contribution in [0.1, 0.15) is 18.9 Å². The Kier molecular flexibility index (Phi) is 3.97. The topological polar surface area (TPSA) is 66.8 Å². The number of carboxylic acid groups (broad SMARTS) is 1. The minimum atomic E-state index is -0.836. The Morgan fingerprint density at radius 3 is 2.50 bits per heavy atom. The maximum Gasteiger partial charge on any atom is 0.311 e. The molecule has 0 aromatic heterocycles. The van der Waals surface area contributed by atoms with Crippen molar-refractivity contribution in [2.75, 3.05) is 20.2 Å². The Morgan fingerprint density at radius 1 is 1.35 bits per heavy atom. The summed E-state index contributed by atoms with van der Waals surface area (Å²) in [5.74, 6) is -0.113. The molecule has 1 atom stereocenters. The van der Waals surface area contributed by atoms with Crippen molar-refractivity contribution in [1.82, 2.24) is 4.90 Å². The van der Waals surface area contributed by atoms with Gasteiger partial charge < -0.3 is 14.7 Å². The van der Waals surface area contributed by atoms with Gasteiger partial charge in [-0.25, -0.2) is 0 Å². The molecule has 1 aliphatic heterocycles. The van der Waals surface area contributed by atoms with E-state index in [2.05, 4.69) is 0 Å². The van der Waals surface area contributed by atoms with Crippen LogP contribution in [0.5, 0.6) is 5.75 Å². The SMILES string of the molecule is COc1ccc(CC(=O)N2CC[C@](C)(C(=O)O)C2)cc1. The lowest BCUT2D eigenvalue weighted by Gasteiger charge is -2.20. The molecule has 1 aliphatic rings. The molecule has 108 valence electrons. The predicted octanol–water partition coefficient (Wildman–Crippen LogP) is 1.56. The van der Waals surface area contributed by atoms with Crippen molar-refractivity contribution in [3.63, 3.8) is 0 Å². The summed E-state index contributed by atoms with van der Waals surface area (Å²) in [6.07, 6.45) is 0.802. The van der Waals surface area contributed by atoms with E-state index in [1.807, 2.05) is 24.3 Å². The van der Waals surface area contributed by atoms with E-state index >= 15 is 0 Å². The molecule has 1 N–H and O–H groups in total. The van der Waals surface area contributed by atoms with Gasteiger partial charge >= 0.3 is 5.97 Å². The van der Waals surface area contributed by atoms with Gasteiger partial charge in [0, 0.05) is 13.1 Å². The summed E-state index contributed by atoms with van der Waals surface area (Å²) in [5, 5.41) is 9.17. The first-order chi connectivity index (χ1) is 9.44. The highest BCUT2D eigenvalue weighted by atomic mass is 16.5. The van der Waals surface area contributed by atoms with Gasteiger partial charge in [-0.15, -0.1) is 0 Å². The van der Waals surface area contributed by atoms with Crippen LogP contribution >= 0.6 is 0 Å². The van der Waals surface area contributed by atoms with Gasteiger partial charge in [0.25, 0.3) is 0 Å². The monoisotopic (exact) mass is 277 g/mol. The summed E-state index contributed by atoms with van der Waals surface area (Å²) in [5.41, 5.74) is 0.0926. The molecule has 1 heterocycles. The third kappa shape index (κ3) is 2.92. The summed E-state index contributed by atoms with van der Waals surface area (Å²) in [7, 11) is 1.59. The van der Waals surface area contributed by atoms with E-state index < -0.39 is 11.4 Å². The maximum absolute atomic E-state index is 12.2. The van der Waals surface area contributed by atoms with Gasteiger partial charge in [0.2, 0.25) is 5.91 Å². The average molecular weight is 277 g/mol. The highest BCUT2D eigenvalue weighted by Crippen LogP contribution is 2.30. The van der Waals surface area contributed by atoms with Crippen molar-refractivity contribution in [3.05, 3.63) is 29.8 Å². The van der Waals surface area contributed by atoms with E-state index in [0.29, 0.717) is 19.4 Å². The molecule has 0 bridgehead atoms. The number of carboxylic acids is 1. The standard InChI is InChI=1S/C15H19NO4/c1-15(14(18)19)7-8-16(10-15)13(17)9-11-3-5-12(20-2)6-4-11/h3-6H,7-10H2,1-2H3,(H,18,19)/t15-/m0/s1. The van der Waals surface area contributed by atoms with Gasteiger partial charge in [0.05, 0.1) is 18.9 Å². The number of benzene rings is 1. The number of aliphatic carboxylic acids is 1. The Hall–Kier alpha value is -2.04. The van der Waals surface area contributed by atoms with Crippen LogP contribution in [0, 0.1) is 5.41 Å². The molecule has 1 aromatic rings. The Labute approximate surface area is 118 Å². The first-order valence-corrected chi connectivity index (χ1v) is 6.59. The number of rotatable bonds is 4. The van der Waals surface area contributed by atoms with Crippen LogP contribution in [0.15, 0.2) is 24.3 Å². The van der Waals surface area contributed by atoms with Gasteiger partial charge in [-0.1, -0.05) is 12.1 Å². The molecule has 1 aromatic carbocycles. The number of nitrogens with zero attached hydrogens (tertiary/aromatic N) is 1. The summed E-state index contributed by atoms with van der Waals surface area (Å²) < 4.78 is 5.07. The number of carbonyl (C=O) groups is 2. The van der Waals surface area contributed by atoms with Crippen molar-refractivity contribution in [2.24, 2.45) is 5.41 Å². The fourth-order valence-electron chi connectivity index (χ4n) is 2.38. The lowest BCUT2D eigenvalue weighted by Crippen LogP contribution is -2.35. The quantitative estimate of drug-likeness (QED) is 0.907. The summed E-state index contributed by atoms with van der Waals surface area (Å²) in [4.78, 5) is 25.0. The number of amides is 1. The zero-order valence-corrected chi connectivity index (χ0v) is 11.8. The van der Waals surface area contributed by atoms with E-state index in [1.165, 1.54) is 0 Å². The molecule has 1 saturated heterocycles. The zero-order chi connectivity index (χ0) is 14.8. The molecule has 0 radical (unpaired) electrons. The van der Waals surface area contributed by atoms with Crippen LogP contribution in [0.2, 0.25) is 0 Å². The van der Waals surface area contributed by atoms with Gasteiger partial charge in [0.1, 0.15) is 5.75 Å². The predicted molar refractivity (Wildman–Crippen MR) is 73.6 cm³/mol. The van der Waals surface area contributed by atoms with E-state index in [4.69, 9.17) is 9.84 Å². The molecule has 0 spiro atoms. The molecule has 1 fully saturated rings. The summed E-state index contributed by atoms with van der Waals surface area (Å²) in [6, 6.07) is 7.33. The van der Waals surface area contributed by atoms with E-state index in [0.717, 1.165) is 11.3 Å². The van der Waals surface area contributed by atoms with Crippen LogP contribution in [-0.4, -0.2) is 42.1 Å². The van der Waals surface area contributed by atoms with Crippen LogP contribution in [0.25, 0.3) is 0 Å². The van der Waals surface area contributed by atoms with Crippen LogP contribution in [0.3, 0.4) is 0 Å². The molecule has 1 amide bonds. The Balaban J connectivity index is 1.97. The smallest absolute Gasteiger partial charge is 0.311 e. The van der Waals surface area contributed by atoms with Crippen molar-refractivity contribution in [3.8, 4) is 5.75 Å². The molecule has 0 unspecified atom stereocenters. The third-order valence-electron chi connectivity index (χ3n) is 3.86. The second-order valence-corrected chi connectivity index (χ2v) is 5.46. The van der Waals surface area contributed by atoms with E-state index in [-0.39, 0.29) is 12.5 Å². The molecular weight excluding hydrogens is 258 g/mol. The van der Waals surface area contributed by atoms with Gasteiger partial charge in [-0.2, -0.15) is 0 Å². The van der Waals surface area contributed by atoms with Gasteiger partial charge in [-0.05, 0) is 31.0 Å². The van der Waals surface area contributed by atoms with Crippen molar-refractivity contribution < 1.29 is 19.4 Å². The number of hydrogen-bond donors (Lipinski definition) is 1. The van der Waals surface area contributed by atoms with Crippen LogP contribution in [-0.2, 0) is 16.0 Å². The third-order valence-corrected chi connectivity index (χ3v) is 3.86. The number of ether oxygens (including phenoxy) is 1. The molecule has 5 heteroatoms. The van der Waals surface area contributed by atoms with E-state index in [1.54, 1.807) is 18.9 Å². The highest BCUT2D eigenvalue weighted by molar-refractivity contribution is 5.82. The first kappa shape index (κ1) is 14.4. The normalized spacial score (nSPS) is 21.8. The van der Waals surface area contributed by atoms with Crippen LogP contribution < -0.4 is 4.74 Å². The minimum absolute atomic E-state index is 0.0276. The maximum atomic E-state index is 12.2. The van der Waals surface area contributed by atoms with Gasteiger partial charge in [-0.3, -0.25) is 9.59 Å². The van der Waals surface area contributed by atoms with E-state index in [9.17, 15) is 9.59 Å². The zero-order valence-electron chi connectivity index (χ0n) is 11.8. The first-order valence-electron chi connectivity index (χ1n) is 6.59. The second kappa shape index (κ2) is 5.53. The number of carbonyl (C=O) groups excluding carboxylic acids is 1. The number of likely N-dealkylation sites (tertiary alicyclic amines) is 1. The molecule has 0 aliphatic carbocycles. The molecule has 5 nitrogen and oxygen atoms in total. The largest absolute Gasteiger partial charge is 0.497 e. The van der Waals surface area contributed by atoms with Crippen LogP contribution in [0.4, 0.5) is 0 Å². The fourth-order valence-corrected chi connectivity index (χ4v) is 2.38. The minimum Gasteiger partial charge on any atom is -0.497 e. The lowest BCUT2D eigenvalue weighted by atomic mass is 9.90. The Bertz CT molecular complexity index is 511. The molecular formula is C15H19NO4. The molecule has 2 rings (SSSR count). The van der Waals surface area contributed by atoms with Crippen molar-refractivity contribution in [1.29, 1.82) is 0 Å².